The van der Waals surface area contributed by atoms with Gasteiger partial charge in [-0.05, 0) is 37.8 Å². The second kappa shape index (κ2) is 7.25. The topological polar surface area (TPSA) is 12.0 Å². The predicted octanol–water partition coefficient (Wildman–Crippen LogP) is 4.93. The molecule has 0 spiro atoms. The highest BCUT2D eigenvalue weighted by atomic mass is 35.5. The van der Waals surface area contributed by atoms with Crippen LogP contribution in [0.3, 0.4) is 0 Å². The van der Waals surface area contributed by atoms with Gasteiger partial charge in [0.2, 0.25) is 0 Å². The predicted molar refractivity (Wildman–Crippen MR) is 78.9 cm³/mol. The summed E-state index contributed by atoms with van der Waals surface area (Å²) in [5, 5.41) is 3.93. The van der Waals surface area contributed by atoms with Gasteiger partial charge in [0.15, 0.2) is 0 Å². The summed E-state index contributed by atoms with van der Waals surface area (Å²) in [5.74, 6) is 0.519. The second-order valence-corrected chi connectivity index (χ2v) is 6.09. The van der Waals surface area contributed by atoms with Crippen LogP contribution in [0.2, 0.25) is 5.02 Å². The van der Waals surface area contributed by atoms with Crippen LogP contribution in [0.25, 0.3) is 0 Å². The van der Waals surface area contributed by atoms with Crippen molar-refractivity contribution in [3.05, 3.63) is 34.6 Å². The molecule has 1 nitrogen and oxygen atoms in total. The van der Waals surface area contributed by atoms with E-state index in [4.69, 9.17) is 11.6 Å². The number of halogens is 2. The molecule has 0 aromatic heterocycles. The molecule has 3 heteroatoms. The highest BCUT2D eigenvalue weighted by molar-refractivity contribution is 6.30. The number of rotatable bonds is 4. The molecule has 0 aliphatic heterocycles. The van der Waals surface area contributed by atoms with E-state index in [1.54, 1.807) is 12.1 Å². The Bertz CT molecular complexity index is 400. The van der Waals surface area contributed by atoms with Crippen molar-refractivity contribution in [2.24, 2.45) is 5.92 Å². The third kappa shape index (κ3) is 4.47. The van der Waals surface area contributed by atoms with Gasteiger partial charge in [0.25, 0.3) is 0 Å². The zero-order chi connectivity index (χ0) is 13.7. The molecule has 2 rings (SSSR count). The van der Waals surface area contributed by atoms with E-state index in [0.717, 1.165) is 5.92 Å². The Labute approximate surface area is 120 Å². The zero-order valence-corrected chi connectivity index (χ0v) is 12.3. The number of benzene rings is 1. The molecule has 1 aliphatic carbocycles. The van der Waals surface area contributed by atoms with Gasteiger partial charge in [0.05, 0.1) is 0 Å². The first-order chi connectivity index (χ1) is 9.16. The maximum Gasteiger partial charge on any atom is 0.129 e. The summed E-state index contributed by atoms with van der Waals surface area (Å²) in [4.78, 5) is 0. The van der Waals surface area contributed by atoms with Gasteiger partial charge in [-0.25, -0.2) is 4.39 Å². The van der Waals surface area contributed by atoms with Crippen LogP contribution in [0.15, 0.2) is 18.2 Å². The van der Waals surface area contributed by atoms with Crippen molar-refractivity contribution in [3.8, 4) is 0 Å². The summed E-state index contributed by atoms with van der Waals surface area (Å²) < 4.78 is 13.7. The molecule has 1 N–H and O–H groups in total. The Morgan fingerprint density at radius 2 is 1.95 bits per heavy atom. The lowest BCUT2D eigenvalue weighted by molar-refractivity contribution is 0.335. The van der Waals surface area contributed by atoms with Crippen molar-refractivity contribution in [2.75, 3.05) is 0 Å². The standard InChI is InChI=1S/C16H23ClFN/c1-12(13-6-4-2-3-5-7-13)19-11-14-8-9-15(17)10-16(14)18/h8-10,12-13,19H,2-7,11H2,1H3/t12-/m1/s1. The molecule has 0 saturated heterocycles. The largest absolute Gasteiger partial charge is 0.310 e. The van der Waals surface area contributed by atoms with E-state index >= 15 is 0 Å². The Morgan fingerprint density at radius 1 is 1.26 bits per heavy atom. The van der Waals surface area contributed by atoms with E-state index in [-0.39, 0.29) is 5.82 Å². The smallest absolute Gasteiger partial charge is 0.129 e. The van der Waals surface area contributed by atoms with Crippen molar-refractivity contribution in [3.63, 3.8) is 0 Å². The molecule has 1 aliphatic rings. The number of nitrogens with one attached hydrogen (secondary N) is 1. The van der Waals surface area contributed by atoms with Crippen LogP contribution >= 0.6 is 11.6 Å². The Hall–Kier alpha value is -0.600. The van der Waals surface area contributed by atoms with E-state index < -0.39 is 0 Å². The van der Waals surface area contributed by atoms with E-state index in [1.807, 2.05) is 0 Å². The SMILES string of the molecule is C[C@@H](NCc1ccc(Cl)cc1F)C1CCCCCC1. The maximum atomic E-state index is 13.7. The van der Waals surface area contributed by atoms with E-state index in [9.17, 15) is 4.39 Å². The molecule has 0 heterocycles. The molecule has 19 heavy (non-hydrogen) atoms. The zero-order valence-electron chi connectivity index (χ0n) is 11.6. The molecule has 106 valence electrons. The van der Waals surface area contributed by atoms with Crippen LogP contribution in [-0.2, 0) is 6.54 Å². The summed E-state index contributed by atoms with van der Waals surface area (Å²) in [6.45, 7) is 2.81. The molecule has 0 unspecified atom stereocenters. The molecule has 1 fully saturated rings. The quantitative estimate of drug-likeness (QED) is 0.773. The first-order valence-corrected chi connectivity index (χ1v) is 7.72. The molecular weight excluding hydrogens is 261 g/mol. The Kier molecular flexibility index (Phi) is 5.65. The van der Waals surface area contributed by atoms with Gasteiger partial charge in [0.1, 0.15) is 5.82 Å². The van der Waals surface area contributed by atoms with Crippen molar-refractivity contribution in [1.29, 1.82) is 0 Å². The first-order valence-electron chi connectivity index (χ1n) is 7.34. The minimum absolute atomic E-state index is 0.215. The molecule has 1 aromatic carbocycles. The van der Waals surface area contributed by atoms with Gasteiger partial charge < -0.3 is 5.32 Å². The maximum absolute atomic E-state index is 13.7. The molecule has 1 atom stereocenters. The summed E-state index contributed by atoms with van der Waals surface area (Å²) in [7, 11) is 0. The van der Waals surface area contributed by atoms with Crippen LogP contribution in [-0.4, -0.2) is 6.04 Å². The number of hydrogen-bond donors (Lipinski definition) is 1. The third-order valence-electron chi connectivity index (χ3n) is 4.24. The Morgan fingerprint density at radius 3 is 2.58 bits per heavy atom. The Balaban J connectivity index is 1.86. The number of hydrogen-bond acceptors (Lipinski definition) is 1. The van der Waals surface area contributed by atoms with Gasteiger partial charge in [-0.1, -0.05) is 43.4 Å². The summed E-state index contributed by atoms with van der Waals surface area (Å²) in [6, 6.07) is 5.35. The molecule has 0 radical (unpaired) electrons. The highest BCUT2D eigenvalue weighted by Crippen LogP contribution is 2.25. The van der Waals surface area contributed by atoms with Crippen molar-refractivity contribution < 1.29 is 4.39 Å². The van der Waals surface area contributed by atoms with Gasteiger partial charge in [-0.2, -0.15) is 0 Å². The normalized spacial score (nSPS) is 19.1. The van der Waals surface area contributed by atoms with Gasteiger partial charge in [-0.15, -0.1) is 0 Å². The van der Waals surface area contributed by atoms with E-state index in [1.165, 1.54) is 44.6 Å². The lowest BCUT2D eigenvalue weighted by Gasteiger charge is -2.23. The van der Waals surface area contributed by atoms with Gasteiger partial charge >= 0.3 is 0 Å². The average Bonchev–Trinajstić information content (AvgIpc) is 2.66. The summed E-state index contributed by atoms with van der Waals surface area (Å²) in [6.07, 6.45) is 8.02. The van der Waals surface area contributed by atoms with Crippen molar-refractivity contribution >= 4 is 11.6 Å². The monoisotopic (exact) mass is 283 g/mol. The first kappa shape index (κ1) is 14.8. The summed E-state index contributed by atoms with van der Waals surface area (Å²) in [5.41, 5.74) is 0.699. The van der Waals surface area contributed by atoms with Crippen molar-refractivity contribution in [2.45, 2.75) is 58.0 Å². The summed E-state index contributed by atoms with van der Waals surface area (Å²) >= 11 is 5.76. The minimum atomic E-state index is -0.215. The van der Waals surface area contributed by atoms with Crippen LogP contribution in [0, 0.1) is 11.7 Å². The van der Waals surface area contributed by atoms with Crippen LogP contribution in [0.4, 0.5) is 4.39 Å². The molecule has 0 bridgehead atoms. The fraction of sp³-hybridized carbons (Fsp3) is 0.625. The molecule has 1 aromatic rings. The lowest BCUT2D eigenvalue weighted by atomic mass is 9.93. The van der Waals surface area contributed by atoms with Gasteiger partial charge in [-0.3, -0.25) is 0 Å². The van der Waals surface area contributed by atoms with Gasteiger partial charge in [0, 0.05) is 23.2 Å². The molecule has 1 saturated carbocycles. The molecule has 0 amide bonds. The van der Waals surface area contributed by atoms with E-state index in [2.05, 4.69) is 12.2 Å². The van der Waals surface area contributed by atoms with Crippen molar-refractivity contribution in [1.82, 2.24) is 5.32 Å². The minimum Gasteiger partial charge on any atom is -0.310 e. The fourth-order valence-corrected chi connectivity index (χ4v) is 3.07. The second-order valence-electron chi connectivity index (χ2n) is 5.66. The third-order valence-corrected chi connectivity index (χ3v) is 4.47. The fourth-order valence-electron chi connectivity index (χ4n) is 2.91. The van der Waals surface area contributed by atoms with Crippen LogP contribution in [0.1, 0.15) is 51.0 Å². The lowest BCUT2D eigenvalue weighted by Crippen LogP contribution is -2.33. The highest BCUT2D eigenvalue weighted by Gasteiger charge is 2.18. The van der Waals surface area contributed by atoms with E-state index in [0.29, 0.717) is 23.2 Å². The average molecular weight is 284 g/mol. The van der Waals surface area contributed by atoms with Crippen LogP contribution < -0.4 is 5.32 Å². The van der Waals surface area contributed by atoms with Crippen LogP contribution in [0.5, 0.6) is 0 Å². The molecular formula is C16H23ClFN.